The van der Waals surface area contributed by atoms with E-state index in [1.165, 1.54) is 3.96 Å². The molecule has 2 N–H and O–H groups in total. The van der Waals surface area contributed by atoms with Crippen molar-refractivity contribution in [2.45, 2.75) is 58.2 Å². The Balaban J connectivity index is 1.30. The summed E-state index contributed by atoms with van der Waals surface area (Å²) in [5.41, 5.74) is 2.50. The number of carboxylic acid groups (broad SMARTS) is 1. The van der Waals surface area contributed by atoms with Gasteiger partial charge in [-0.2, -0.15) is 4.94 Å². The lowest BCUT2D eigenvalue weighted by atomic mass is 9.82. The molecule has 0 bridgehead atoms. The van der Waals surface area contributed by atoms with Gasteiger partial charge in [-0.3, -0.25) is 4.79 Å². The number of hydrogen-bond donors (Lipinski definition) is 2. The summed E-state index contributed by atoms with van der Waals surface area (Å²) in [6.07, 6.45) is 2.98. The van der Waals surface area contributed by atoms with Crippen LogP contribution in [0.4, 0.5) is 9.32 Å². The number of rotatable bonds is 10. The Labute approximate surface area is 268 Å². The van der Waals surface area contributed by atoms with Crippen molar-refractivity contribution in [1.29, 1.82) is 0 Å². The van der Waals surface area contributed by atoms with Crippen LogP contribution in [0.25, 0.3) is 5.69 Å². The van der Waals surface area contributed by atoms with E-state index in [0.717, 1.165) is 32.8 Å². The van der Waals surface area contributed by atoms with Crippen molar-refractivity contribution in [3.63, 3.8) is 0 Å². The maximum absolute atomic E-state index is 13.2. The molecule has 0 radical (unpaired) electrons. The first-order chi connectivity index (χ1) is 21.5. The molecule has 1 aliphatic rings. The number of ether oxygens (including phenoxy) is 1. The van der Waals surface area contributed by atoms with Crippen LogP contribution in [-0.4, -0.2) is 38.4 Å². The number of benzene rings is 2. The van der Waals surface area contributed by atoms with E-state index in [0.29, 0.717) is 36.4 Å². The fourth-order valence-electron chi connectivity index (χ4n) is 5.13. The average Bonchev–Trinajstić information content (AvgIpc) is 3.31. The summed E-state index contributed by atoms with van der Waals surface area (Å²) >= 11 is 6.74. The standard InChI is InChI=1S/C32H35ClFN3O7S/c1-20-4-3-5-24(10-11-25(16-28(20)44-34)21(2)29(38)39)19-43-30(40)35-17-22-6-8-23(9-7-22)18-36-31(41)37(45-32(36)42)27-14-12-26(33)13-15-27/h5-9,12-15,20,25,28H,2-4,10-11,16-19H2,1H3,(H,35,40)(H,38,39)/b24-5+. The second-order valence-corrected chi connectivity index (χ2v) is 12.4. The van der Waals surface area contributed by atoms with Gasteiger partial charge in [-0.25, -0.2) is 22.9 Å². The molecule has 10 nitrogen and oxygen atoms in total. The minimum Gasteiger partial charge on any atom is -0.478 e. The van der Waals surface area contributed by atoms with Crippen molar-refractivity contribution in [1.82, 2.24) is 13.8 Å². The quantitative estimate of drug-likeness (QED) is 0.201. The largest absolute Gasteiger partial charge is 0.478 e. The summed E-state index contributed by atoms with van der Waals surface area (Å²) in [6.45, 7) is 5.87. The van der Waals surface area contributed by atoms with Gasteiger partial charge in [0, 0.05) is 28.7 Å². The summed E-state index contributed by atoms with van der Waals surface area (Å²) in [7, 11) is 0. The van der Waals surface area contributed by atoms with Gasteiger partial charge in [-0.1, -0.05) is 55.4 Å². The van der Waals surface area contributed by atoms with Crippen LogP contribution in [0.3, 0.4) is 0 Å². The van der Waals surface area contributed by atoms with E-state index < -0.39 is 29.8 Å². The molecule has 0 fully saturated rings. The van der Waals surface area contributed by atoms with E-state index in [1.807, 2.05) is 13.0 Å². The van der Waals surface area contributed by atoms with Crippen LogP contribution in [0.5, 0.6) is 0 Å². The zero-order valence-electron chi connectivity index (χ0n) is 24.7. The first-order valence-corrected chi connectivity index (χ1v) is 15.7. The molecule has 1 amide bonds. The molecule has 1 aliphatic carbocycles. The Hall–Kier alpha value is -4.00. The van der Waals surface area contributed by atoms with Gasteiger partial charge >= 0.3 is 22.6 Å². The number of carboxylic acids is 1. The average molecular weight is 660 g/mol. The van der Waals surface area contributed by atoms with Gasteiger partial charge in [0.15, 0.2) is 0 Å². The van der Waals surface area contributed by atoms with Gasteiger partial charge in [-0.15, -0.1) is 0 Å². The van der Waals surface area contributed by atoms with Gasteiger partial charge in [-0.05, 0) is 89.4 Å². The zero-order valence-corrected chi connectivity index (χ0v) is 26.3. The van der Waals surface area contributed by atoms with E-state index in [-0.39, 0.29) is 42.5 Å². The fourth-order valence-corrected chi connectivity index (χ4v) is 6.06. The van der Waals surface area contributed by atoms with E-state index in [9.17, 15) is 28.8 Å². The van der Waals surface area contributed by atoms with Crippen molar-refractivity contribution >= 4 is 35.2 Å². The number of alkyl carbamates (subject to hydrolysis) is 1. The molecule has 0 saturated heterocycles. The van der Waals surface area contributed by atoms with Crippen molar-refractivity contribution in [3.8, 4) is 5.69 Å². The third-order valence-corrected chi connectivity index (χ3v) is 9.13. The van der Waals surface area contributed by atoms with E-state index in [1.54, 1.807) is 48.5 Å². The Morgan fingerprint density at radius 3 is 2.47 bits per heavy atom. The predicted octanol–water partition coefficient (Wildman–Crippen LogP) is 6.04. The number of amides is 1. The molecule has 4 rings (SSSR count). The number of nitrogens with zero attached hydrogens (tertiary/aromatic N) is 2. The summed E-state index contributed by atoms with van der Waals surface area (Å²) in [4.78, 5) is 53.2. The fraction of sp³-hybridized carbons (Fsp3) is 0.375. The van der Waals surface area contributed by atoms with Gasteiger partial charge < -0.3 is 15.2 Å². The van der Waals surface area contributed by atoms with E-state index in [4.69, 9.17) is 16.3 Å². The Morgan fingerprint density at radius 2 is 1.80 bits per heavy atom. The molecule has 2 aromatic carbocycles. The van der Waals surface area contributed by atoms with Gasteiger partial charge in [0.05, 0.1) is 12.2 Å². The summed E-state index contributed by atoms with van der Waals surface area (Å²) in [5, 5.41) is 12.7. The molecule has 0 spiro atoms. The number of carbonyl (C=O) groups excluding carboxylic acids is 1. The molecular formula is C32H35ClFN3O7S. The van der Waals surface area contributed by atoms with Crippen molar-refractivity contribution in [2.75, 3.05) is 6.61 Å². The first kappa shape index (κ1) is 33.9. The number of hydrogen-bond acceptors (Lipinski definition) is 7. The van der Waals surface area contributed by atoms with Crippen LogP contribution in [0, 0.1) is 11.8 Å². The lowest BCUT2D eigenvalue weighted by molar-refractivity contribution is -0.199. The summed E-state index contributed by atoms with van der Waals surface area (Å²) < 4.78 is 21.1. The van der Waals surface area contributed by atoms with Crippen LogP contribution in [0.2, 0.25) is 5.02 Å². The highest BCUT2D eigenvalue weighted by atomic mass is 35.5. The normalized spacial score (nSPS) is 20.1. The highest BCUT2D eigenvalue weighted by molar-refractivity contribution is 7.03. The number of aliphatic carboxylic acids is 1. The zero-order chi connectivity index (χ0) is 32.5. The highest BCUT2D eigenvalue weighted by Gasteiger charge is 2.28. The van der Waals surface area contributed by atoms with Gasteiger partial charge in [0.2, 0.25) is 0 Å². The molecule has 3 atom stereocenters. The van der Waals surface area contributed by atoms with Crippen LogP contribution in [0.15, 0.2) is 81.9 Å². The molecule has 45 heavy (non-hydrogen) atoms. The smallest absolute Gasteiger partial charge is 0.407 e. The molecule has 0 saturated carbocycles. The SMILES string of the molecule is C=C(C(=O)O)C1CC/C(COC(=O)NCc2ccc(Cn3c(=O)sn(-c4ccc(Cl)cc4)c3=O)cc2)=C\CCC(C)C(OF)C1. The molecular weight excluding hydrogens is 625 g/mol. The minimum absolute atomic E-state index is 0.00582. The van der Waals surface area contributed by atoms with Crippen LogP contribution in [-0.2, 0) is 27.6 Å². The summed E-state index contributed by atoms with van der Waals surface area (Å²) in [6, 6.07) is 13.8. The first-order valence-electron chi connectivity index (χ1n) is 14.5. The number of halogens is 2. The number of carbonyl (C=O) groups is 2. The van der Waals surface area contributed by atoms with E-state index >= 15 is 0 Å². The molecule has 1 aromatic heterocycles. The van der Waals surface area contributed by atoms with E-state index in [2.05, 4.69) is 16.8 Å². The second kappa shape index (κ2) is 15.8. The maximum atomic E-state index is 13.2. The molecule has 3 aromatic rings. The van der Waals surface area contributed by atoms with Crippen molar-refractivity contribution < 1.29 is 28.9 Å². The number of aromatic nitrogens is 2. The molecule has 1 heterocycles. The van der Waals surface area contributed by atoms with Crippen LogP contribution < -0.4 is 15.9 Å². The van der Waals surface area contributed by atoms with Crippen LogP contribution in [0.1, 0.15) is 50.2 Å². The van der Waals surface area contributed by atoms with Crippen molar-refractivity contribution in [3.05, 3.63) is 109 Å². The molecule has 0 aliphatic heterocycles. The lowest BCUT2D eigenvalue weighted by Crippen LogP contribution is -2.29. The number of allylic oxidation sites excluding steroid dienone is 1. The Morgan fingerprint density at radius 1 is 1.11 bits per heavy atom. The lowest BCUT2D eigenvalue weighted by Gasteiger charge is -2.26. The maximum Gasteiger partial charge on any atom is 0.407 e. The molecule has 240 valence electrons. The summed E-state index contributed by atoms with van der Waals surface area (Å²) in [5.74, 6) is -1.74. The third kappa shape index (κ3) is 9.25. The molecule has 3 unspecified atom stereocenters. The molecule has 13 heteroatoms. The van der Waals surface area contributed by atoms with Crippen LogP contribution >= 0.6 is 23.1 Å². The Kier molecular flexibility index (Phi) is 11.9. The van der Waals surface area contributed by atoms with Gasteiger partial charge in [0.25, 0.3) is 0 Å². The number of nitrogens with one attached hydrogen (secondary N) is 1. The second-order valence-electron chi connectivity index (χ2n) is 11.1. The monoisotopic (exact) mass is 659 g/mol. The predicted molar refractivity (Wildman–Crippen MR) is 169 cm³/mol. The topological polar surface area (TPSA) is 129 Å². The Bertz CT molecular complexity index is 1650. The van der Waals surface area contributed by atoms with Crippen molar-refractivity contribution in [2.24, 2.45) is 11.8 Å². The highest BCUT2D eigenvalue weighted by Crippen LogP contribution is 2.31. The third-order valence-electron chi connectivity index (χ3n) is 7.95. The minimum atomic E-state index is -1.13. The van der Waals surface area contributed by atoms with Gasteiger partial charge in [0.1, 0.15) is 12.7 Å².